The van der Waals surface area contributed by atoms with Crippen molar-refractivity contribution in [2.24, 2.45) is 0 Å². The number of para-hydroxylation sites is 1. The predicted octanol–water partition coefficient (Wildman–Crippen LogP) is 4.28. The van der Waals surface area contributed by atoms with Crippen LogP contribution in [-0.4, -0.2) is 10.9 Å². The van der Waals surface area contributed by atoms with E-state index in [1.54, 1.807) is 6.07 Å². The topological polar surface area (TPSA) is 44.9 Å². The van der Waals surface area contributed by atoms with Crippen LogP contribution in [0.1, 0.15) is 40.0 Å². The first-order valence-electron chi connectivity index (χ1n) is 8.27. The molecule has 3 nitrogen and oxygen atoms in total. The van der Waals surface area contributed by atoms with Crippen LogP contribution in [0.3, 0.4) is 0 Å². The first-order valence-corrected chi connectivity index (χ1v) is 8.27. The van der Waals surface area contributed by atoms with Crippen molar-refractivity contribution in [3.05, 3.63) is 64.8 Å². The highest BCUT2D eigenvalue weighted by Gasteiger charge is 2.19. The van der Waals surface area contributed by atoms with Crippen molar-refractivity contribution < 1.29 is 4.79 Å². The summed E-state index contributed by atoms with van der Waals surface area (Å²) in [5.41, 5.74) is 5.74. The van der Waals surface area contributed by atoms with E-state index in [9.17, 15) is 4.79 Å². The van der Waals surface area contributed by atoms with Crippen molar-refractivity contribution in [2.75, 3.05) is 5.32 Å². The fourth-order valence-electron chi connectivity index (χ4n) is 3.50. The molecule has 1 aliphatic carbocycles. The van der Waals surface area contributed by atoms with Gasteiger partial charge in [-0.2, -0.15) is 0 Å². The summed E-state index contributed by atoms with van der Waals surface area (Å²) >= 11 is 0. The van der Waals surface area contributed by atoms with Crippen LogP contribution in [0, 0.1) is 12.3 Å². The lowest BCUT2D eigenvalue weighted by Crippen LogP contribution is -2.12. The van der Waals surface area contributed by atoms with E-state index in [-0.39, 0.29) is 5.91 Å². The number of anilines is 1. The van der Waals surface area contributed by atoms with E-state index in [1.165, 1.54) is 29.5 Å². The highest BCUT2D eigenvalue weighted by atomic mass is 16.1. The zero-order valence-electron chi connectivity index (χ0n) is 13.4. The highest BCUT2D eigenvalue weighted by molar-refractivity contribution is 6.12. The Kier molecular flexibility index (Phi) is 3.59. The maximum Gasteiger partial charge on any atom is 0.257 e. The average molecular weight is 314 g/mol. The lowest BCUT2D eigenvalue weighted by atomic mass is 9.95. The van der Waals surface area contributed by atoms with Gasteiger partial charge in [-0.15, -0.1) is 6.42 Å². The average Bonchev–Trinajstić information content (AvgIpc) is 3.00. The summed E-state index contributed by atoms with van der Waals surface area (Å²) in [6.45, 7) is 0. The van der Waals surface area contributed by atoms with Crippen LogP contribution in [0.25, 0.3) is 10.9 Å². The van der Waals surface area contributed by atoms with Crippen LogP contribution >= 0.6 is 0 Å². The van der Waals surface area contributed by atoms with Gasteiger partial charge in [0.15, 0.2) is 0 Å². The molecule has 0 unspecified atom stereocenters. The Morgan fingerprint density at radius 3 is 2.83 bits per heavy atom. The molecular weight excluding hydrogens is 296 g/mol. The third-order valence-electron chi connectivity index (χ3n) is 4.67. The van der Waals surface area contributed by atoms with E-state index in [2.05, 4.69) is 22.3 Å². The van der Waals surface area contributed by atoms with E-state index in [1.807, 2.05) is 30.3 Å². The minimum absolute atomic E-state index is 0.117. The van der Waals surface area contributed by atoms with Crippen molar-refractivity contribution in [1.82, 2.24) is 4.98 Å². The number of amides is 1. The third-order valence-corrected chi connectivity index (χ3v) is 4.67. The smallest absolute Gasteiger partial charge is 0.257 e. The second-order valence-electron chi connectivity index (χ2n) is 6.20. The van der Waals surface area contributed by atoms with Gasteiger partial charge in [0.05, 0.1) is 11.1 Å². The van der Waals surface area contributed by atoms with Crippen molar-refractivity contribution in [1.29, 1.82) is 0 Å². The number of aromatic amines is 1. The number of aromatic nitrogens is 1. The number of rotatable bonds is 2. The van der Waals surface area contributed by atoms with Gasteiger partial charge in [0.25, 0.3) is 5.91 Å². The van der Waals surface area contributed by atoms with Gasteiger partial charge < -0.3 is 10.3 Å². The molecule has 3 aromatic rings. The summed E-state index contributed by atoms with van der Waals surface area (Å²) in [6, 6.07) is 13.3. The number of terminal acetylenes is 1. The van der Waals surface area contributed by atoms with Crippen molar-refractivity contribution in [3.63, 3.8) is 0 Å². The summed E-state index contributed by atoms with van der Waals surface area (Å²) in [6.07, 6.45) is 10.0. The molecule has 1 amide bonds. The molecule has 118 valence electrons. The molecule has 4 rings (SSSR count). The molecule has 1 heterocycles. The quantitative estimate of drug-likeness (QED) is 0.681. The Morgan fingerprint density at radius 2 is 1.96 bits per heavy atom. The Bertz CT molecular complexity index is 975. The fourth-order valence-corrected chi connectivity index (χ4v) is 3.50. The first kappa shape index (κ1) is 14.6. The van der Waals surface area contributed by atoms with Crippen molar-refractivity contribution in [3.8, 4) is 12.3 Å². The molecule has 2 N–H and O–H groups in total. The zero-order chi connectivity index (χ0) is 16.5. The summed E-state index contributed by atoms with van der Waals surface area (Å²) in [5.74, 6) is 2.47. The molecule has 0 atom stereocenters. The van der Waals surface area contributed by atoms with Crippen LogP contribution in [0.15, 0.2) is 42.5 Å². The molecular formula is C21H18N2O. The number of carbonyl (C=O) groups is 1. The maximum atomic E-state index is 12.8. The molecule has 0 bridgehead atoms. The van der Waals surface area contributed by atoms with Gasteiger partial charge >= 0.3 is 0 Å². The molecule has 0 fully saturated rings. The molecule has 0 aliphatic heterocycles. The molecule has 0 saturated heterocycles. The Hall–Kier alpha value is -2.99. The van der Waals surface area contributed by atoms with E-state index in [0.717, 1.165) is 23.9 Å². The molecule has 0 radical (unpaired) electrons. The molecule has 2 aromatic carbocycles. The van der Waals surface area contributed by atoms with Crippen molar-refractivity contribution >= 4 is 22.5 Å². The van der Waals surface area contributed by atoms with Gasteiger partial charge in [-0.3, -0.25) is 4.79 Å². The minimum atomic E-state index is -0.117. The van der Waals surface area contributed by atoms with E-state index < -0.39 is 0 Å². The minimum Gasteiger partial charge on any atom is -0.358 e. The summed E-state index contributed by atoms with van der Waals surface area (Å²) in [4.78, 5) is 16.2. The monoisotopic (exact) mass is 314 g/mol. The predicted molar refractivity (Wildman–Crippen MR) is 97.3 cm³/mol. The van der Waals surface area contributed by atoms with Crippen LogP contribution < -0.4 is 5.32 Å². The van der Waals surface area contributed by atoms with Crippen LogP contribution in [-0.2, 0) is 12.8 Å². The Morgan fingerprint density at radius 1 is 1.12 bits per heavy atom. The molecule has 3 heteroatoms. The second-order valence-corrected chi connectivity index (χ2v) is 6.20. The van der Waals surface area contributed by atoms with Gasteiger partial charge in [0.2, 0.25) is 0 Å². The number of hydrogen-bond donors (Lipinski definition) is 2. The standard InChI is InChI=1S/C21H18N2O/c1-2-14-7-5-8-15(13-14)22-21(24)18-11-6-10-17-16-9-3-4-12-19(16)23-20(17)18/h1,5-8,10-11,13,23H,3-4,9,12H2,(H,22,24). The molecule has 1 aliphatic rings. The summed E-state index contributed by atoms with van der Waals surface area (Å²) < 4.78 is 0. The van der Waals surface area contributed by atoms with Crippen LogP contribution in [0.5, 0.6) is 0 Å². The first-order chi connectivity index (χ1) is 11.8. The lowest BCUT2D eigenvalue weighted by Gasteiger charge is -2.10. The molecule has 0 spiro atoms. The lowest BCUT2D eigenvalue weighted by molar-refractivity contribution is 0.102. The Balaban J connectivity index is 1.72. The largest absolute Gasteiger partial charge is 0.358 e. The van der Waals surface area contributed by atoms with Gasteiger partial charge in [0, 0.05) is 22.3 Å². The molecule has 0 saturated carbocycles. The maximum absolute atomic E-state index is 12.8. The SMILES string of the molecule is C#Cc1cccc(NC(=O)c2cccc3c4c([nH]c23)CCCC4)c1. The van der Waals surface area contributed by atoms with E-state index >= 15 is 0 Å². The normalized spacial score (nSPS) is 13.3. The van der Waals surface area contributed by atoms with Gasteiger partial charge in [-0.05, 0) is 55.5 Å². The number of fused-ring (bicyclic) bond motifs is 3. The molecule has 1 aromatic heterocycles. The third kappa shape index (κ3) is 2.47. The van der Waals surface area contributed by atoms with Gasteiger partial charge in [-0.25, -0.2) is 0 Å². The van der Waals surface area contributed by atoms with Crippen LogP contribution in [0.4, 0.5) is 5.69 Å². The zero-order valence-corrected chi connectivity index (χ0v) is 13.4. The fraction of sp³-hybridized carbons (Fsp3) is 0.190. The number of H-pyrrole nitrogens is 1. The number of nitrogens with one attached hydrogen (secondary N) is 2. The number of carbonyl (C=O) groups excluding carboxylic acids is 1. The number of aryl methyl sites for hydroxylation is 2. The molecule has 24 heavy (non-hydrogen) atoms. The summed E-state index contributed by atoms with van der Waals surface area (Å²) in [7, 11) is 0. The van der Waals surface area contributed by atoms with Crippen molar-refractivity contribution in [2.45, 2.75) is 25.7 Å². The highest BCUT2D eigenvalue weighted by Crippen LogP contribution is 2.31. The van der Waals surface area contributed by atoms with Gasteiger partial charge in [-0.1, -0.05) is 24.1 Å². The Labute approximate surface area is 141 Å². The van der Waals surface area contributed by atoms with Gasteiger partial charge in [0.1, 0.15) is 0 Å². The second kappa shape index (κ2) is 5.90. The van der Waals surface area contributed by atoms with E-state index in [0.29, 0.717) is 11.3 Å². The number of hydrogen-bond acceptors (Lipinski definition) is 1. The number of benzene rings is 2. The van der Waals surface area contributed by atoms with Crippen LogP contribution in [0.2, 0.25) is 0 Å². The van der Waals surface area contributed by atoms with E-state index in [4.69, 9.17) is 6.42 Å². The summed E-state index contributed by atoms with van der Waals surface area (Å²) in [5, 5.41) is 4.13.